The van der Waals surface area contributed by atoms with Crippen molar-refractivity contribution in [3.8, 4) is 5.75 Å². The van der Waals surface area contributed by atoms with E-state index in [4.69, 9.17) is 18.9 Å². The molecule has 0 N–H and O–H groups in total. The van der Waals surface area contributed by atoms with Gasteiger partial charge in [-0.15, -0.1) is 0 Å². The second kappa shape index (κ2) is 5.66. The summed E-state index contributed by atoms with van der Waals surface area (Å²) in [6, 6.07) is 5.18. The Morgan fingerprint density at radius 2 is 2.05 bits per heavy atom. The van der Waals surface area contributed by atoms with Crippen molar-refractivity contribution < 1.29 is 28.7 Å². The Balaban J connectivity index is 1.55. The first-order valence-electron chi connectivity index (χ1n) is 6.49. The fourth-order valence-electron chi connectivity index (χ4n) is 2.43. The zero-order valence-electron chi connectivity index (χ0n) is 11.0. The lowest BCUT2D eigenvalue weighted by Gasteiger charge is -2.15. The van der Waals surface area contributed by atoms with Gasteiger partial charge in [-0.3, -0.25) is 10.1 Å². The first-order valence-corrected chi connectivity index (χ1v) is 6.49. The maximum Gasteiger partial charge on any atom is 0.514 e. The van der Waals surface area contributed by atoms with E-state index in [2.05, 4.69) is 0 Å². The van der Waals surface area contributed by atoms with Gasteiger partial charge >= 0.3 is 6.16 Å². The zero-order chi connectivity index (χ0) is 14.8. The molecule has 3 atom stereocenters. The predicted molar refractivity (Wildman–Crippen MR) is 67.8 cm³/mol. The van der Waals surface area contributed by atoms with Crippen LogP contribution in [-0.4, -0.2) is 36.7 Å². The normalized spacial score (nSPS) is 27.1. The van der Waals surface area contributed by atoms with Gasteiger partial charge in [0.15, 0.2) is 6.29 Å². The highest BCUT2D eigenvalue weighted by molar-refractivity contribution is 5.64. The number of benzene rings is 1. The Hall–Kier alpha value is -2.19. The molecule has 0 bridgehead atoms. The molecule has 2 aliphatic rings. The molecule has 2 saturated heterocycles. The molecule has 0 aromatic heterocycles. The number of hydrogen-bond acceptors (Lipinski definition) is 7. The zero-order valence-corrected chi connectivity index (χ0v) is 11.0. The molecule has 0 unspecified atom stereocenters. The molecular formula is C13H13NO7. The number of carbonyl (C=O) groups excluding carboxylic acids is 1. The van der Waals surface area contributed by atoms with Crippen LogP contribution in [0.25, 0.3) is 0 Å². The van der Waals surface area contributed by atoms with Crippen LogP contribution in [0.3, 0.4) is 0 Å². The van der Waals surface area contributed by atoms with Crippen LogP contribution in [0.1, 0.15) is 6.42 Å². The van der Waals surface area contributed by atoms with Gasteiger partial charge in [-0.05, 0) is 18.6 Å². The molecule has 1 aromatic rings. The highest BCUT2D eigenvalue weighted by Gasteiger charge is 2.44. The summed E-state index contributed by atoms with van der Waals surface area (Å²) in [6.07, 6.45) is -0.768. The first kappa shape index (κ1) is 13.8. The molecule has 0 saturated carbocycles. The lowest BCUT2D eigenvalue weighted by molar-refractivity contribution is -0.384. The average Bonchev–Trinajstić information content (AvgIpc) is 3.04. The molecule has 8 nitrogen and oxygen atoms in total. The first-order chi connectivity index (χ1) is 10.1. The second-order valence-corrected chi connectivity index (χ2v) is 4.78. The highest BCUT2D eigenvalue weighted by Crippen LogP contribution is 2.33. The van der Waals surface area contributed by atoms with Crippen LogP contribution >= 0.6 is 0 Å². The third-order valence-corrected chi connectivity index (χ3v) is 3.48. The number of rotatable bonds is 3. The lowest BCUT2D eigenvalue weighted by atomic mass is 10.0. The van der Waals surface area contributed by atoms with E-state index >= 15 is 0 Å². The largest absolute Gasteiger partial charge is 0.514 e. The van der Waals surface area contributed by atoms with Gasteiger partial charge in [0.1, 0.15) is 11.9 Å². The van der Waals surface area contributed by atoms with E-state index in [0.717, 1.165) is 6.42 Å². The molecule has 112 valence electrons. The van der Waals surface area contributed by atoms with E-state index < -0.39 is 11.1 Å². The van der Waals surface area contributed by atoms with Gasteiger partial charge in [0.05, 0.1) is 24.1 Å². The van der Waals surface area contributed by atoms with E-state index in [0.29, 0.717) is 6.61 Å². The van der Waals surface area contributed by atoms with E-state index in [1.54, 1.807) is 0 Å². The molecule has 2 heterocycles. The van der Waals surface area contributed by atoms with Crippen molar-refractivity contribution in [3.63, 3.8) is 0 Å². The summed E-state index contributed by atoms with van der Waals surface area (Å²) in [5, 5.41) is 10.5. The molecule has 21 heavy (non-hydrogen) atoms. The van der Waals surface area contributed by atoms with Gasteiger partial charge in [-0.2, -0.15) is 0 Å². The summed E-state index contributed by atoms with van der Waals surface area (Å²) in [5.74, 6) is 0.221. The maximum absolute atomic E-state index is 11.7. The monoisotopic (exact) mass is 295 g/mol. The average molecular weight is 295 g/mol. The summed E-state index contributed by atoms with van der Waals surface area (Å²) >= 11 is 0. The Labute approximate surface area is 119 Å². The van der Waals surface area contributed by atoms with Crippen LogP contribution < -0.4 is 4.74 Å². The number of carbonyl (C=O) groups is 1. The van der Waals surface area contributed by atoms with Crippen molar-refractivity contribution in [2.24, 2.45) is 5.92 Å². The second-order valence-electron chi connectivity index (χ2n) is 4.78. The van der Waals surface area contributed by atoms with Crippen molar-refractivity contribution in [2.75, 3.05) is 13.2 Å². The highest BCUT2D eigenvalue weighted by atomic mass is 16.8. The number of hydrogen-bond donors (Lipinski definition) is 0. The molecule has 2 aliphatic heterocycles. The van der Waals surface area contributed by atoms with Gasteiger partial charge in [-0.25, -0.2) is 4.79 Å². The molecule has 0 spiro atoms. The SMILES string of the molecule is O=C(Oc1ccc([N+](=O)[O-])cc1)O[C@@H]1CO[C@@H]2OCC[C@@H]21. The minimum Gasteiger partial charge on any atom is -0.428 e. The summed E-state index contributed by atoms with van der Waals surface area (Å²) in [7, 11) is 0. The fourth-order valence-corrected chi connectivity index (χ4v) is 2.43. The number of ether oxygens (including phenoxy) is 4. The van der Waals surface area contributed by atoms with Crippen LogP contribution in [0.15, 0.2) is 24.3 Å². The molecule has 3 rings (SSSR count). The standard InChI is InChI=1S/C13H13NO7/c15-13(20-9-3-1-8(2-4-9)14(16)17)21-11-7-19-12-10(11)5-6-18-12/h1-4,10-12H,5-7H2/t10-,11-,12+/m1/s1. The molecule has 0 aliphatic carbocycles. The van der Waals surface area contributed by atoms with Gasteiger partial charge < -0.3 is 18.9 Å². The number of nitro benzene ring substituents is 1. The van der Waals surface area contributed by atoms with Gasteiger partial charge in [0, 0.05) is 12.1 Å². The molecular weight excluding hydrogens is 282 g/mol. The molecule has 2 fully saturated rings. The number of nitrogens with zero attached hydrogens (tertiary/aromatic N) is 1. The quantitative estimate of drug-likeness (QED) is 0.363. The Morgan fingerprint density at radius 3 is 2.76 bits per heavy atom. The van der Waals surface area contributed by atoms with Crippen molar-refractivity contribution in [3.05, 3.63) is 34.4 Å². The Morgan fingerprint density at radius 1 is 1.29 bits per heavy atom. The van der Waals surface area contributed by atoms with E-state index in [9.17, 15) is 14.9 Å². The molecule has 0 radical (unpaired) electrons. The molecule has 8 heteroatoms. The maximum atomic E-state index is 11.7. The minimum absolute atomic E-state index is 0.0365. The van der Waals surface area contributed by atoms with E-state index in [1.807, 2.05) is 0 Å². The van der Waals surface area contributed by atoms with Crippen LogP contribution in [0.5, 0.6) is 5.75 Å². The third kappa shape index (κ3) is 2.96. The van der Waals surface area contributed by atoms with Gasteiger partial charge in [-0.1, -0.05) is 0 Å². The summed E-state index contributed by atoms with van der Waals surface area (Å²) in [4.78, 5) is 21.7. The summed E-state index contributed by atoms with van der Waals surface area (Å²) in [5.41, 5.74) is -0.0779. The topological polar surface area (TPSA) is 97.1 Å². The number of nitro groups is 1. The third-order valence-electron chi connectivity index (χ3n) is 3.48. The van der Waals surface area contributed by atoms with Crippen molar-refractivity contribution in [2.45, 2.75) is 18.8 Å². The van der Waals surface area contributed by atoms with Crippen molar-refractivity contribution in [1.82, 2.24) is 0 Å². The number of fused-ring (bicyclic) bond motifs is 1. The van der Waals surface area contributed by atoms with E-state index in [1.165, 1.54) is 24.3 Å². The van der Waals surface area contributed by atoms with Crippen LogP contribution in [0, 0.1) is 16.0 Å². The molecule has 1 aromatic carbocycles. The Bertz CT molecular complexity index is 544. The number of non-ortho nitro benzene ring substituents is 1. The predicted octanol–water partition coefficient (Wildman–Crippen LogP) is 1.87. The van der Waals surface area contributed by atoms with Gasteiger partial charge in [0.25, 0.3) is 5.69 Å². The van der Waals surface area contributed by atoms with Crippen LogP contribution in [0.4, 0.5) is 10.5 Å². The van der Waals surface area contributed by atoms with Crippen molar-refractivity contribution in [1.29, 1.82) is 0 Å². The fraction of sp³-hybridized carbons (Fsp3) is 0.462. The van der Waals surface area contributed by atoms with Crippen LogP contribution in [-0.2, 0) is 14.2 Å². The van der Waals surface area contributed by atoms with Gasteiger partial charge in [0.2, 0.25) is 0 Å². The lowest BCUT2D eigenvalue weighted by Crippen LogP contribution is -2.27. The smallest absolute Gasteiger partial charge is 0.428 e. The molecule has 0 amide bonds. The Kier molecular flexibility index (Phi) is 3.72. The van der Waals surface area contributed by atoms with Crippen molar-refractivity contribution >= 4 is 11.8 Å². The minimum atomic E-state index is -0.856. The van der Waals surface area contributed by atoms with E-state index in [-0.39, 0.29) is 36.4 Å². The van der Waals surface area contributed by atoms with Crippen LogP contribution in [0.2, 0.25) is 0 Å². The summed E-state index contributed by atoms with van der Waals surface area (Å²) < 4.78 is 20.9. The summed E-state index contributed by atoms with van der Waals surface area (Å²) in [6.45, 7) is 0.872.